The lowest BCUT2D eigenvalue weighted by Gasteiger charge is -2.37. The van der Waals surface area contributed by atoms with Gasteiger partial charge in [0, 0.05) is 31.6 Å². The molecule has 0 radical (unpaired) electrons. The molecule has 1 atom stereocenters. The molecule has 0 aromatic heterocycles. The Morgan fingerprint density at radius 2 is 2.17 bits per heavy atom. The van der Waals surface area contributed by atoms with Gasteiger partial charge in [0.05, 0.1) is 12.5 Å². The van der Waals surface area contributed by atoms with Gasteiger partial charge >= 0.3 is 12.0 Å². The molecule has 6 heteroatoms. The number of hydrogen-bond donors (Lipinski definition) is 1. The van der Waals surface area contributed by atoms with Crippen molar-refractivity contribution in [2.75, 3.05) is 31.6 Å². The molecule has 1 saturated heterocycles. The van der Waals surface area contributed by atoms with Crippen molar-refractivity contribution in [1.29, 1.82) is 0 Å². The highest BCUT2D eigenvalue weighted by atomic mass is 32.2. The predicted octanol–water partition coefficient (Wildman–Crippen LogP) is 1.34. The van der Waals surface area contributed by atoms with E-state index in [1.165, 1.54) is 12.8 Å². The van der Waals surface area contributed by atoms with Crippen LogP contribution in [0, 0.1) is 5.92 Å². The van der Waals surface area contributed by atoms with E-state index in [4.69, 9.17) is 5.11 Å². The summed E-state index contributed by atoms with van der Waals surface area (Å²) in [7, 11) is 1.82. The fraction of sp³-hybridized carbons (Fsp3) is 0.833. The second kappa shape index (κ2) is 5.82. The summed E-state index contributed by atoms with van der Waals surface area (Å²) in [5.41, 5.74) is 0. The molecule has 0 aromatic carbocycles. The molecule has 2 aliphatic rings. The van der Waals surface area contributed by atoms with Crippen LogP contribution in [-0.4, -0.2) is 64.6 Å². The number of nitrogens with zero attached hydrogens (tertiary/aromatic N) is 2. The summed E-state index contributed by atoms with van der Waals surface area (Å²) in [6, 6.07) is -0.163. The SMILES string of the molecule is CN(CC1CC1)C(=O)N1CCSCC1CC(=O)O. The van der Waals surface area contributed by atoms with Gasteiger partial charge in [-0.25, -0.2) is 4.79 Å². The molecule has 2 amide bonds. The second-order valence-electron chi connectivity index (χ2n) is 5.13. The first-order chi connectivity index (χ1) is 8.58. The third-order valence-electron chi connectivity index (χ3n) is 3.44. The number of carboxylic acid groups (broad SMARTS) is 1. The van der Waals surface area contributed by atoms with E-state index in [-0.39, 0.29) is 18.5 Å². The standard InChI is InChI=1S/C12H20N2O3S/c1-13(7-9-2-3-9)12(17)14-4-5-18-8-10(14)6-11(15)16/h9-10H,2-8H2,1H3,(H,15,16). The number of carboxylic acids is 1. The van der Waals surface area contributed by atoms with Crippen LogP contribution in [0.15, 0.2) is 0 Å². The number of carbonyl (C=O) groups excluding carboxylic acids is 1. The summed E-state index contributed by atoms with van der Waals surface area (Å²) in [6.45, 7) is 1.47. The maximum absolute atomic E-state index is 12.3. The monoisotopic (exact) mass is 272 g/mol. The minimum absolute atomic E-state index is 0.00606. The van der Waals surface area contributed by atoms with Gasteiger partial charge in [-0.05, 0) is 18.8 Å². The zero-order valence-electron chi connectivity index (χ0n) is 10.7. The number of urea groups is 1. The second-order valence-corrected chi connectivity index (χ2v) is 6.28. The van der Waals surface area contributed by atoms with Gasteiger partial charge < -0.3 is 14.9 Å². The van der Waals surface area contributed by atoms with Gasteiger partial charge in [0.15, 0.2) is 0 Å². The van der Waals surface area contributed by atoms with Crippen LogP contribution in [0.1, 0.15) is 19.3 Å². The number of rotatable bonds is 4. The van der Waals surface area contributed by atoms with Crippen molar-refractivity contribution >= 4 is 23.8 Å². The highest BCUT2D eigenvalue weighted by Gasteiger charge is 2.32. The molecule has 102 valence electrons. The molecule has 1 aliphatic heterocycles. The van der Waals surface area contributed by atoms with Gasteiger partial charge in [-0.2, -0.15) is 11.8 Å². The van der Waals surface area contributed by atoms with Gasteiger partial charge in [-0.15, -0.1) is 0 Å². The van der Waals surface area contributed by atoms with Crippen molar-refractivity contribution in [2.45, 2.75) is 25.3 Å². The quantitative estimate of drug-likeness (QED) is 0.839. The molecule has 0 aromatic rings. The smallest absolute Gasteiger partial charge is 0.320 e. The van der Waals surface area contributed by atoms with E-state index in [0.29, 0.717) is 12.5 Å². The van der Waals surface area contributed by atoms with Gasteiger partial charge in [0.25, 0.3) is 0 Å². The van der Waals surface area contributed by atoms with Crippen LogP contribution in [0.4, 0.5) is 4.79 Å². The van der Waals surface area contributed by atoms with E-state index in [1.807, 2.05) is 7.05 Å². The predicted molar refractivity (Wildman–Crippen MR) is 70.8 cm³/mol. The lowest BCUT2D eigenvalue weighted by Crippen LogP contribution is -2.52. The number of amides is 2. The molecule has 0 bridgehead atoms. The first-order valence-electron chi connectivity index (χ1n) is 6.39. The molecule has 2 fully saturated rings. The Kier molecular flexibility index (Phi) is 4.37. The summed E-state index contributed by atoms with van der Waals surface area (Å²) < 4.78 is 0. The van der Waals surface area contributed by atoms with E-state index in [2.05, 4.69) is 0 Å². The van der Waals surface area contributed by atoms with Crippen LogP contribution in [0.3, 0.4) is 0 Å². The molecule has 1 heterocycles. The zero-order valence-corrected chi connectivity index (χ0v) is 11.5. The van der Waals surface area contributed by atoms with E-state index in [9.17, 15) is 9.59 Å². The van der Waals surface area contributed by atoms with Crippen LogP contribution < -0.4 is 0 Å². The van der Waals surface area contributed by atoms with Crippen molar-refractivity contribution in [2.24, 2.45) is 5.92 Å². The fourth-order valence-electron chi connectivity index (χ4n) is 2.26. The molecule has 1 unspecified atom stereocenters. The summed E-state index contributed by atoms with van der Waals surface area (Å²) in [5, 5.41) is 8.90. The van der Waals surface area contributed by atoms with E-state index in [0.717, 1.165) is 18.1 Å². The molecular formula is C12H20N2O3S. The minimum atomic E-state index is -0.829. The lowest BCUT2D eigenvalue weighted by atomic mass is 10.2. The molecule has 5 nitrogen and oxygen atoms in total. The van der Waals surface area contributed by atoms with E-state index < -0.39 is 5.97 Å². The minimum Gasteiger partial charge on any atom is -0.481 e. The maximum atomic E-state index is 12.3. The summed E-state index contributed by atoms with van der Waals surface area (Å²) in [4.78, 5) is 26.6. The number of aliphatic carboxylic acids is 1. The summed E-state index contributed by atoms with van der Waals surface area (Å²) in [6.07, 6.45) is 2.48. The van der Waals surface area contributed by atoms with Crippen molar-refractivity contribution in [3.8, 4) is 0 Å². The summed E-state index contributed by atoms with van der Waals surface area (Å²) in [5.74, 6) is 1.47. The number of hydrogen-bond acceptors (Lipinski definition) is 3. The normalized spacial score (nSPS) is 23.8. The Labute approximate surface area is 112 Å². The maximum Gasteiger partial charge on any atom is 0.320 e. The van der Waals surface area contributed by atoms with Gasteiger partial charge in [-0.3, -0.25) is 4.79 Å². The van der Waals surface area contributed by atoms with Crippen LogP contribution in [0.5, 0.6) is 0 Å². The molecular weight excluding hydrogens is 252 g/mol. The van der Waals surface area contributed by atoms with Crippen molar-refractivity contribution in [3.05, 3.63) is 0 Å². The van der Waals surface area contributed by atoms with Crippen molar-refractivity contribution in [3.63, 3.8) is 0 Å². The highest BCUT2D eigenvalue weighted by Crippen LogP contribution is 2.30. The first-order valence-corrected chi connectivity index (χ1v) is 7.54. The Morgan fingerprint density at radius 1 is 1.44 bits per heavy atom. The fourth-order valence-corrected chi connectivity index (χ4v) is 3.32. The van der Waals surface area contributed by atoms with Crippen LogP contribution >= 0.6 is 11.8 Å². The molecule has 1 saturated carbocycles. The zero-order chi connectivity index (χ0) is 13.1. The van der Waals surface area contributed by atoms with Crippen molar-refractivity contribution < 1.29 is 14.7 Å². The largest absolute Gasteiger partial charge is 0.481 e. The van der Waals surface area contributed by atoms with Crippen LogP contribution in [-0.2, 0) is 4.79 Å². The van der Waals surface area contributed by atoms with E-state index in [1.54, 1.807) is 21.6 Å². The summed E-state index contributed by atoms with van der Waals surface area (Å²) >= 11 is 1.73. The molecule has 2 rings (SSSR count). The van der Waals surface area contributed by atoms with E-state index >= 15 is 0 Å². The topological polar surface area (TPSA) is 60.9 Å². The molecule has 1 aliphatic carbocycles. The molecule has 1 N–H and O–H groups in total. The Bertz CT molecular complexity index is 333. The average Bonchev–Trinajstić information content (AvgIpc) is 3.12. The van der Waals surface area contributed by atoms with Gasteiger partial charge in [-0.1, -0.05) is 0 Å². The Balaban J connectivity index is 1.93. The Hall–Kier alpha value is -0.910. The highest BCUT2D eigenvalue weighted by molar-refractivity contribution is 7.99. The van der Waals surface area contributed by atoms with Crippen molar-refractivity contribution in [1.82, 2.24) is 9.80 Å². The molecule has 18 heavy (non-hydrogen) atoms. The first kappa shape index (κ1) is 13.5. The third kappa shape index (κ3) is 3.54. The lowest BCUT2D eigenvalue weighted by molar-refractivity contribution is -0.138. The molecule has 0 spiro atoms. The third-order valence-corrected chi connectivity index (χ3v) is 4.53. The van der Waals surface area contributed by atoms with Crippen LogP contribution in [0.2, 0.25) is 0 Å². The number of thioether (sulfide) groups is 1. The Morgan fingerprint density at radius 3 is 2.78 bits per heavy atom. The van der Waals surface area contributed by atoms with Gasteiger partial charge in [0.1, 0.15) is 0 Å². The van der Waals surface area contributed by atoms with Gasteiger partial charge in [0.2, 0.25) is 0 Å². The van der Waals surface area contributed by atoms with Crippen LogP contribution in [0.25, 0.3) is 0 Å². The number of carbonyl (C=O) groups is 2. The average molecular weight is 272 g/mol.